The number of piperidine rings is 1. The molecule has 178 valence electrons. The summed E-state index contributed by atoms with van der Waals surface area (Å²) in [5, 5.41) is 19.2. The van der Waals surface area contributed by atoms with Gasteiger partial charge in [0.05, 0.1) is 15.7 Å². The number of fused-ring (bicyclic) bond motifs is 1. The summed E-state index contributed by atoms with van der Waals surface area (Å²) in [6.45, 7) is 3.87. The molecule has 7 heteroatoms. The van der Waals surface area contributed by atoms with Crippen LogP contribution in [-0.2, 0) is 10.8 Å². The van der Waals surface area contributed by atoms with Gasteiger partial charge in [-0.2, -0.15) is 0 Å². The molecule has 5 rings (SSSR count). The van der Waals surface area contributed by atoms with Crippen LogP contribution in [-0.4, -0.2) is 45.6 Å². The van der Waals surface area contributed by atoms with E-state index in [2.05, 4.69) is 4.90 Å². The van der Waals surface area contributed by atoms with Gasteiger partial charge in [0.2, 0.25) is 0 Å². The molecule has 0 spiro atoms. The SMILES string of the molecule is O=S1c2ccc(O)cc2OC(c2ccc(OCCN3CCCCC3)cc2)[C@@H]1c1ccc(O)cc1. The summed E-state index contributed by atoms with van der Waals surface area (Å²) in [5.74, 6) is 1.42. The van der Waals surface area contributed by atoms with Gasteiger partial charge in [-0.15, -0.1) is 0 Å². The zero-order chi connectivity index (χ0) is 23.5. The second kappa shape index (κ2) is 10.1. The van der Waals surface area contributed by atoms with Crippen molar-refractivity contribution >= 4 is 10.8 Å². The predicted octanol–water partition coefficient (Wildman–Crippen LogP) is 4.95. The normalized spacial score (nSPS) is 22.5. The third kappa shape index (κ3) is 4.91. The van der Waals surface area contributed by atoms with Crippen LogP contribution in [0.5, 0.6) is 23.0 Å². The van der Waals surface area contributed by atoms with Crippen molar-refractivity contribution in [2.75, 3.05) is 26.2 Å². The molecule has 2 N–H and O–H groups in total. The highest BCUT2D eigenvalue weighted by molar-refractivity contribution is 7.85. The summed E-state index contributed by atoms with van der Waals surface area (Å²) in [5.41, 5.74) is 1.67. The van der Waals surface area contributed by atoms with Gasteiger partial charge in [-0.05, 0) is 73.5 Å². The quantitative estimate of drug-likeness (QED) is 0.521. The van der Waals surface area contributed by atoms with Crippen molar-refractivity contribution in [3.8, 4) is 23.0 Å². The number of hydrogen-bond donors (Lipinski definition) is 2. The van der Waals surface area contributed by atoms with Crippen LogP contribution >= 0.6 is 0 Å². The van der Waals surface area contributed by atoms with Gasteiger partial charge in [-0.25, -0.2) is 0 Å². The fraction of sp³-hybridized carbons (Fsp3) is 0.333. The van der Waals surface area contributed by atoms with Crippen molar-refractivity contribution in [1.29, 1.82) is 0 Å². The molecule has 2 aliphatic rings. The zero-order valence-electron chi connectivity index (χ0n) is 18.9. The molecule has 3 aromatic carbocycles. The van der Waals surface area contributed by atoms with Gasteiger partial charge in [-0.1, -0.05) is 30.7 Å². The van der Waals surface area contributed by atoms with Crippen LogP contribution < -0.4 is 9.47 Å². The third-order valence-electron chi connectivity index (χ3n) is 6.46. The lowest BCUT2D eigenvalue weighted by molar-refractivity contribution is 0.182. The van der Waals surface area contributed by atoms with E-state index in [0.29, 0.717) is 17.3 Å². The third-order valence-corrected chi connectivity index (χ3v) is 8.21. The number of benzene rings is 3. The Morgan fingerprint density at radius 2 is 1.56 bits per heavy atom. The molecule has 1 saturated heterocycles. The molecule has 1 fully saturated rings. The first-order valence-electron chi connectivity index (χ1n) is 11.7. The maximum absolute atomic E-state index is 13.6. The average molecular weight is 480 g/mol. The molecule has 6 nitrogen and oxygen atoms in total. The lowest BCUT2D eigenvalue weighted by Gasteiger charge is -2.33. The minimum absolute atomic E-state index is 0.0648. The number of phenols is 2. The van der Waals surface area contributed by atoms with Gasteiger partial charge in [0.25, 0.3) is 0 Å². The van der Waals surface area contributed by atoms with Crippen molar-refractivity contribution in [2.24, 2.45) is 0 Å². The molecule has 0 amide bonds. The molecule has 0 aliphatic carbocycles. The summed E-state index contributed by atoms with van der Waals surface area (Å²) in [7, 11) is -1.42. The number of phenolic OH excluding ortho intramolecular Hbond substituents is 2. The largest absolute Gasteiger partial charge is 0.508 e. The van der Waals surface area contributed by atoms with E-state index in [-0.39, 0.29) is 11.5 Å². The highest BCUT2D eigenvalue weighted by Crippen LogP contribution is 2.47. The fourth-order valence-electron chi connectivity index (χ4n) is 4.64. The van der Waals surface area contributed by atoms with E-state index >= 15 is 0 Å². The molecule has 2 heterocycles. The standard InChI is InChI=1S/C27H29NO5S/c29-21-8-4-20(5-9-21)27-26(33-24-18-22(30)10-13-25(24)34(27)31)19-6-11-23(12-7-19)32-17-16-28-14-2-1-3-15-28/h4-13,18,26-27,29-30H,1-3,14-17H2/t26?,27-,34?/m0/s1. The minimum Gasteiger partial charge on any atom is -0.508 e. The Hall–Kier alpha value is -3.03. The highest BCUT2D eigenvalue weighted by atomic mass is 32.2. The van der Waals surface area contributed by atoms with E-state index in [1.807, 2.05) is 24.3 Å². The molecule has 2 unspecified atom stereocenters. The number of aromatic hydroxyl groups is 2. The summed E-state index contributed by atoms with van der Waals surface area (Å²) in [6, 6.07) is 19.1. The zero-order valence-corrected chi connectivity index (χ0v) is 19.7. The Labute approximate surface area is 202 Å². The van der Waals surface area contributed by atoms with Crippen molar-refractivity contribution < 1.29 is 23.9 Å². The summed E-state index contributed by atoms with van der Waals surface area (Å²) >= 11 is 0. The Morgan fingerprint density at radius 1 is 0.882 bits per heavy atom. The van der Waals surface area contributed by atoms with Crippen LogP contribution in [0.3, 0.4) is 0 Å². The Bertz CT molecular complexity index is 1140. The smallest absolute Gasteiger partial charge is 0.143 e. The monoisotopic (exact) mass is 479 g/mol. The predicted molar refractivity (Wildman–Crippen MR) is 131 cm³/mol. The van der Waals surface area contributed by atoms with E-state index in [1.54, 1.807) is 30.3 Å². The van der Waals surface area contributed by atoms with Gasteiger partial charge in [-0.3, -0.25) is 9.11 Å². The van der Waals surface area contributed by atoms with Crippen LogP contribution in [0.2, 0.25) is 0 Å². The molecular formula is C27H29NO5S. The maximum Gasteiger partial charge on any atom is 0.143 e. The molecule has 2 aliphatic heterocycles. The van der Waals surface area contributed by atoms with E-state index in [4.69, 9.17) is 9.47 Å². The lowest BCUT2D eigenvalue weighted by Crippen LogP contribution is -2.33. The molecule has 3 aromatic rings. The second-order valence-electron chi connectivity index (χ2n) is 8.80. The molecule has 0 saturated carbocycles. The van der Waals surface area contributed by atoms with Gasteiger partial charge in [0, 0.05) is 12.6 Å². The van der Waals surface area contributed by atoms with E-state index in [0.717, 1.165) is 36.5 Å². The first-order chi connectivity index (χ1) is 16.6. The molecular weight excluding hydrogens is 450 g/mol. The van der Waals surface area contributed by atoms with Crippen molar-refractivity contribution in [3.63, 3.8) is 0 Å². The van der Waals surface area contributed by atoms with Crippen molar-refractivity contribution in [2.45, 2.75) is 35.5 Å². The highest BCUT2D eigenvalue weighted by Gasteiger charge is 2.38. The van der Waals surface area contributed by atoms with Gasteiger partial charge >= 0.3 is 0 Å². The fourth-order valence-corrected chi connectivity index (χ4v) is 6.26. The average Bonchev–Trinajstić information content (AvgIpc) is 2.86. The summed E-state index contributed by atoms with van der Waals surface area (Å²) < 4.78 is 25.9. The van der Waals surface area contributed by atoms with Gasteiger partial charge in [0.1, 0.15) is 41.0 Å². The van der Waals surface area contributed by atoms with Crippen LogP contribution in [0.4, 0.5) is 0 Å². The van der Waals surface area contributed by atoms with Gasteiger partial charge < -0.3 is 19.7 Å². The lowest BCUT2D eigenvalue weighted by atomic mass is 10.00. The topological polar surface area (TPSA) is 79.2 Å². The molecule has 0 radical (unpaired) electrons. The minimum atomic E-state index is -1.42. The van der Waals surface area contributed by atoms with Crippen LogP contribution in [0.1, 0.15) is 41.7 Å². The number of rotatable bonds is 6. The Balaban J connectivity index is 1.37. The summed E-state index contributed by atoms with van der Waals surface area (Å²) in [6.07, 6.45) is 3.32. The number of nitrogens with zero attached hydrogens (tertiary/aromatic N) is 1. The summed E-state index contributed by atoms with van der Waals surface area (Å²) in [4.78, 5) is 2.99. The van der Waals surface area contributed by atoms with E-state index < -0.39 is 22.2 Å². The van der Waals surface area contributed by atoms with E-state index in [9.17, 15) is 14.4 Å². The van der Waals surface area contributed by atoms with Crippen molar-refractivity contribution in [1.82, 2.24) is 4.90 Å². The first-order valence-corrected chi connectivity index (χ1v) is 12.9. The Kier molecular flexibility index (Phi) is 6.74. The maximum atomic E-state index is 13.6. The number of ether oxygens (including phenoxy) is 2. The van der Waals surface area contributed by atoms with Crippen LogP contribution in [0.15, 0.2) is 71.6 Å². The van der Waals surface area contributed by atoms with Crippen LogP contribution in [0.25, 0.3) is 0 Å². The molecule has 0 aromatic heterocycles. The second-order valence-corrected chi connectivity index (χ2v) is 10.3. The van der Waals surface area contributed by atoms with Gasteiger partial charge in [0.15, 0.2) is 0 Å². The number of hydrogen-bond acceptors (Lipinski definition) is 6. The number of likely N-dealkylation sites (tertiary alicyclic amines) is 1. The van der Waals surface area contributed by atoms with Crippen LogP contribution in [0, 0.1) is 0 Å². The van der Waals surface area contributed by atoms with Crippen molar-refractivity contribution in [3.05, 3.63) is 77.9 Å². The molecule has 0 bridgehead atoms. The van der Waals surface area contributed by atoms with E-state index in [1.165, 1.54) is 31.4 Å². The first kappa shape index (κ1) is 22.7. The Morgan fingerprint density at radius 3 is 2.29 bits per heavy atom. The molecule has 3 atom stereocenters. The molecule has 34 heavy (non-hydrogen) atoms.